The molecular formula is C11H22N2O2. The molecule has 0 aliphatic carbocycles. The summed E-state index contributed by atoms with van der Waals surface area (Å²) in [6.07, 6.45) is 0.766. The molecule has 0 bridgehead atoms. The average Bonchev–Trinajstić information content (AvgIpc) is 2.47. The third-order valence-electron chi connectivity index (χ3n) is 2.62. The molecule has 88 valence electrons. The topological polar surface area (TPSA) is 55.6 Å². The van der Waals surface area contributed by atoms with Gasteiger partial charge in [0.05, 0.1) is 0 Å². The van der Waals surface area contributed by atoms with Gasteiger partial charge < -0.3 is 15.4 Å². The fourth-order valence-electron chi connectivity index (χ4n) is 1.71. The molecule has 0 unspecified atom stereocenters. The van der Waals surface area contributed by atoms with E-state index in [9.17, 15) is 4.79 Å². The summed E-state index contributed by atoms with van der Waals surface area (Å²) in [5, 5.41) is 0. The van der Waals surface area contributed by atoms with E-state index in [0.717, 1.165) is 19.5 Å². The first kappa shape index (κ1) is 12.3. The molecule has 1 rings (SSSR count). The summed E-state index contributed by atoms with van der Waals surface area (Å²) in [4.78, 5) is 13.4. The molecule has 1 fully saturated rings. The summed E-state index contributed by atoms with van der Waals surface area (Å²) in [7, 11) is 0. The van der Waals surface area contributed by atoms with Crippen molar-refractivity contribution in [3.05, 3.63) is 0 Å². The second kappa shape index (κ2) is 4.39. The SMILES string of the molecule is C[C@@H](N)[C@H]1CCN(C(=O)OC(C)(C)C)C1. The quantitative estimate of drug-likeness (QED) is 0.721. The van der Waals surface area contributed by atoms with E-state index in [1.165, 1.54) is 0 Å². The predicted octanol–water partition coefficient (Wildman–Crippen LogP) is 1.59. The minimum Gasteiger partial charge on any atom is -0.444 e. The number of likely N-dealkylation sites (tertiary alicyclic amines) is 1. The summed E-state index contributed by atoms with van der Waals surface area (Å²) in [5.74, 6) is 0.414. The van der Waals surface area contributed by atoms with Gasteiger partial charge in [0, 0.05) is 19.1 Å². The number of nitrogens with zero attached hydrogens (tertiary/aromatic N) is 1. The lowest BCUT2D eigenvalue weighted by molar-refractivity contribution is 0.0287. The first-order valence-electron chi connectivity index (χ1n) is 5.53. The van der Waals surface area contributed by atoms with Gasteiger partial charge in [-0.15, -0.1) is 0 Å². The Hall–Kier alpha value is -0.770. The normalized spacial score (nSPS) is 24.1. The van der Waals surface area contributed by atoms with Gasteiger partial charge in [-0.25, -0.2) is 4.79 Å². The molecular weight excluding hydrogens is 192 g/mol. The van der Waals surface area contributed by atoms with Gasteiger partial charge in [0.15, 0.2) is 0 Å². The van der Waals surface area contributed by atoms with Crippen molar-refractivity contribution >= 4 is 6.09 Å². The molecule has 1 aliphatic rings. The number of amides is 1. The number of hydrogen-bond acceptors (Lipinski definition) is 3. The van der Waals surface area contributed by atoms with Crippen molar-refractivity contribution in [1.29, 1.82) is 0 Å². The molecule has 2 atom stereocenters. The first-order valence-corrected chi connectivity index (χ1v) is 5.53. The lowest BCUT2D eigenvalue weighted by Gasteiger charge is -2.24. The minimum absolute atomic E-state index is 0.150. The summed E-state index contributed by atoms with van der Waals surface area (Å²) in [6, 6.07) is 0.150. The highest BCUT2D eigenvalue weighted by molar-refractivity contribution is 5.68. The smallest absolute Gasteiger partial charge is 0.410 e. The van der Waals surface area contributed by atoms with E-state index in [0.29, 0.717) is 5.92 Å². The number of nitrogens with two attached hydrogens (primary N) is 1. The van der Waals surface area contributed by atoms with Crippen LogP contribution in [0.15, 0.2) is 0 Å². The lowest BCUT2D eigenvalue weighted by Crippen LogP contribution is -2.37. The van der Waals surface area contributed by atoms with Crippen LogP contribution in [-0.4, -0.2) is 35.7 Å². The molecule has 0 aromatic carbocycles. The van der Waals surface area contributed by atoms with Crippen LogP contribution < -0.4 is 5.73 Å². The van der Waals surface area contributed by atoms with E-state index in [2.05, 4.69) is 0 Å². The van der Waals surface area contributed by atoms with Crippen LogP contribution in [0.1, 0.15) is 34.1 Å². The van der Waals surface area contributed by atoms with E-state index >= 15 is 0 Å². The Balaban J connectivity index is 2.44. The second-order valence-corrected chi connectivity index (χ2v) is 5.33. The molecule has 0 aromatic heterocycles. The van der Waals surface area contributed by atoms with Gasteiger partial charge >= 0.3 is 6.09 Å². The molecule has 2 N–H and O–H groups in total. The van der Waals surface area contributed by atoms with Crippen LogP contribution >= 0.6 is 0 Å². The lowest BCUT2D eigenvalue weighted by atomic mass is 10.0. The number of rotatable bonds is 1. The van der Waals surface area contributed by atoms with Crippen molar-refractivity contribution in [1.82, 2.24) is 4.90 Å². The zero-order valence-electron chi connectivity index (χ0n) is 10.1. The van der Waals surface area contributed by atoms with Crippen LogP contribution in [0.5, 0.6) is 0 Å². The molecule has 0 aromatic rings. The Kier molecular flexibility index (Phi) is 3.60. The van der Waals surface area contributed by atoms with Crippen molar-refractivity contribution in [3.8, 4) is 0 Å². The van der Waals surface area contributed by atoms with Gasteiger partial charge in [-0.2, -0.15) is 0 Å². The van der Waals surface area contributed by atoms with Gasteiger partial charge in [-0.05, 0) is 40.0 Å². The number of ether oxygens (including phenoxy) is 1. The fraction of sp³-hybridized carbons (Fsp3) is 0.909. The van der Waals surface area contributed by atoms with Gasteiger partial charge in [0.25, 0.3) is 0 Å². The summed E-state index contributed by atoms with van der Waals surface area (Å²) in [5.41, 5.74) is 5.40. The molecule has 0 spiro atoms. The third kappa shape index (κ3) is 3.70. The highest BCUT2D eigenvalue weighted by atomic mass is 16.6. The van der Waals surface area contributed by atoms with Gasteiger partial charge in [-0.3, -0.25) is 0 Å². The monoisotopic (exact) mass is 214 g/mol. The highest BCUT2D eigenvalue weighted by Crippen LogP contribution is 2.20. The van der Waals surface area contributed by atoms with Crippen molar-refractivity contribution in [2.24, 2.45) is 11.7 Å². The maximum atomic E-state index is 11.7. The second-order valence-electron chi connectivity index (χ2n) is 5.33. The number of carbonyl (C=O) groups is 1. The number of hydrogen-bond donors (Lipinski definition) is 1. The van der Waals surface area contributed by atoms with Crippen LogP contribution in [0.4, 0.5) is 4.79 Å². The molecule has 0 saturated carbocycles. The summed E-state index contributed by atoms with van der Waals surface area (Å²) < 4.78 is 5.30. The van der Waals surface area contributed by atoms with Crippen molar-refractivity contribution in [2.75, 3.05) is 13.1 Å². The van der Waals surface area contributed by atoms with Crippen LogP contribution in [0.3, 0.4) is 0 Å². The van der Waals surface area contributed by atoms with E-state index in [1.807, 2.05) is 27.7 Å². The summed E-state index contributed by atoms with van der Waals surface area (Å²) in [6.45, 7) is 9.12. The van der Waals surface area contributed by atoms with Crippen LogP contribution in [-0.2, 0) is 4.74 Å². The zero-order valence-corrected chi connectivity index (χ0v) is 10.1. The van der Waals surface area contributed by atoms with Crippen LogP contribution in [0.25, 0.3) is 0 Å². The fourth-order valence-corrected chi connectivity index (χ4v) is 1.71. The molecule has 0 radical (unpaired) electrons. The van der Waals surface area contributed by atoms with E-state index in [4.69, 9.17) is 10.5 Å². The maximum absolute atomic E-state index is 11.7. The Morgan fingerprint density at radius 2 is 2.13 bits per heavy atom. The van der Waals surface area contributed by atoms with E-state index < -0.39 is 5.60 Å². The average molecular weight is 214 g/mol. The molecule has 1 saturated heterocycles. The molecule has 4 heteroatoms. The first-order chi connectivity index (χ1) is 6.79. The van der Waals surface area contributed by atoms with Gasteiger partial charge in [0.2, 0.25) is 0 Å². The Bertz CT molecular complexity index is 233. The third-order valence-corrected chi connectivity index (χ3v) is 2.62. The molecule has 1 heterocycles. The Morgan fingerprint density at radius 3 is 2.53 bits per heavy atom. The van der Waals surface area contributed by atoms with Crippen LogP contribution in [0, 0.1) is 5.92 Å². The standard InChI is InChI=1S/C11H22N2O2/c1-8(12)9-5-6-13(7-9)10(14)15-11(2,3)4/h8-9H,5-7,12H2,1-4H3/t8-,9+/m1/s1. The van der Waals surface area contributed by atoms with Crippen molar-refractivity contribution in [3.63, 3.8) is 0 Å². The van der Waals surface area contributed by atoms with Crippen LogP contribution in [0.2, 0.25) is 0 Å². The van der Waals surface area contributed by atoms with Gasteiger partial charge in [0.1, 0.15) is 5.60 Å². The molecule has 4 nitrogen and oxygen atoms in total. The molecule has 15 heavy (non-hydrogen) atoms. The number of carbonyl (C=O) groups excluding carboxylic acids is 1. The minimum atomic E-state index is -0.413. The Labute approximate surface area is 91.8 Å². The Morgan fingerprint density at radius 1 is 1.53 bits per heavy atom. The molecule has 1 amide bonds. The molecule has 1 aliphatic heterocycles. The maximum Gasteiger partial charge on any atom is 0.410 e. The largest absolute Gasteiger partial charge is 0.444 e. The zero-order chi connectivity index (χ0) is 11.6. The van der Waals surface area contributed by atoms with E-state index in [-0.39, 0.29) is 12.1 Å². The predicted molar refractivity (Wildman–Crippen MR) is 59.6 cm³/mol. The van der Waals surface area contributed by atoms with E-state index in [1.54, 1.807) is 4.90 Å². The highest BCUT2D eigenvalue weighted by Gasteiger charge is 2.31. The van der Waals surface area contributed by atoms with Crippen molar-refractivity contribution in [2.45, 2.75) is 45.8 Å². The van der Waals surface area contributed by atoms with Gasteiger partial charge in [-0.1, -0.05) is 0 Å². The van der Waals surface area contributed by atoms with Crippen molar-refractivity contribution < 1.29 is 9.53 Å². The summed E-state index contributed by atoms with van der Waals surface area (Å²) >= 11 is 0.